The van der Waals surface area contributed by atoms with E-state index in [-0.39, 0.29) is 11.7 Å². The third kappa shape index (κ3) is 3.58. The summed E-state index contributed by atoms with van der Waals surface area (Å²) in [5.74, 6) is -0.773. The number of hydrogen-bond donors (Lipinski definition) is 3. The van der Waals surface area contributed by atoms with Gasteiger partial charge < -0.3 is 15.5 Å². The molecule has 0 aliphatic rings. The summed E-state index contributed by atoms with van der Waals surface area (Å²) >= 11 is 0. The fourth-order valence-corrected chi connectivity index (χ4v) is 2.85. The number of hydrogen-bond acceptors (Lipinski definition) is 4. The molecule has 0 aliphatic heterocycles. The van der Waals surface area contributed by atoms with Gasteiger partial charge >= 0.3 is 5.97 Å². The number of carboxylic acid groups (broad SMARTS) is 1. The van der Waals surface area contributed by atoms with Gasteiger partial charge in [0.2, 0.25) is 0 Å². The first-order valence-corrected chi connectivity index (χ1v) is 8.19. The van der Waals surface area contributed by atoms with Crippen molar-refractivity contribution in [3.8, 4) is 11.8 Å². The molecule has 2 aromatic rings. The van der Waals surface area contributed by atoms with Gasteiger partial charge in [0.05, 0.1) is 11.6 Å². The molecule has 0 spiro atoms. The maximum absolute atomic E-state index is 12.2. The van der Waals surface area contributed by atoms with Crippen molar-refractivity contribution in [2.75, 3.05) is 5.32 Å². The molecule has 0 aliphatic carbocycles. The summed E-state index contributed by atoms with van der Waals surface area (Å²) in [5, 5.41) is 32.0. The molecule has 2 rings (SSSR count). The summed E-state index contributed by atoms with van der Waals surface area (Å²) in [6.45, 7) is 5.69. The second kappa shape index (κ2) is 7.27. The molecular weight excluding hydrogens is 316 g/mol. The van der Waals surface area contributed by atoms with Crippen LogP contribution in [0.5, 0.6) is 5.75 Å². The van der Waals surface area contributed by atoms with Crippen LogP contribution in [0.15, 0.2) is 42.5 Å². The minimum Gasteiger partial charge on any atom is -0.508 e. The quantitative estimate of drug-likeness (QED) is 0.734. The van der Waals surface area contributed by atoms with Crippen molar-refractivity contribution in [2.45, 2.75) is 38.6 Å². The standard InChI is InChI=1S/C20H22N2O3/c1-4-20(19(24)25,22-16-8-5-14(12-21)6-9-16)15-7-10-18(23)17(11-15)13(2)3/h5-11,13,22-23H,4H2,1-3H3,(H,24,25). The van der Waals surface area contributed by atoms with E-state index in [2.05, 4.69) is 5.32 Å². The first kappa shape index (κ1) is 18.3. The van der Waals surface area contributed by atoms with Crippen LogP contribution in [0.4, 0.5) is 5.69 Å². The van der Waals surface area contributed by atoms with Gasteiger partial charge in [0, 0.05) is 5.69 Å². The van der Waals surface area contributed by atoms with Crippen molar-refractivity contribution >= 4 is 11.7 Å². The molecule has 1 unspecified atom stereocenters. The van der Waals surface area contributed by atoms with Gasteiger partial charge in [-0.05, 0) is 59.9 Å². The van der Waals surface area contributed by atoms with Gasteiger partial charge in [-0.3, -0.25) is 0 Å². The highest BCUT2D eigenvalue weighted by atomic mass is 16.4. The second-order valence-electron chi connectivity index (χ2n) is 6.31. The van der Waals surface area contributed by atoms with Crippen molar-refractivity contribution in [3.63, 3.8) is 0 Å². The third-order valence-electron chi connectivity index (χ3n) is 4.41. The number of carboxylic acids is 1. The summed E-state index contributed by atoms with van der Waals surface area (Å²) in [4.78, 5) is 12.2. The molecule has 25 heavy (non-hydrogen) atoms. The van der Waals surface area contributed by atoms with E-state index in [1.807, 2.05) is 19.9 Å². The van der Waals surface area contributed by atoms with Gasteiger partial charge in [0.15, 0.2) is 5.54 Å². The molecule has 0 radical (unpaired) electrons. The lowest BCUT2D eigenvalue weighted by Gasteiger charge is -2.32. The van der Waals surface area contributed by atoms with Crippen LogP contribution in [-0.2, 0) is 10.3 Å². The molecule has 2 aromatic carbocycles. The molecule has 0 fully saturated rings. The monoisotopic (exact) mass is 338 g/mol. The average molecular weight is 338 g/mol. The summed E-state index contributed by atoms with van der Waals surface area (Å²) in [6, 6.07) is 13.6. The lowest BCUT2D eigenvalue weighted by atomic mass is 9.84. The normalized spacial score (nSPS) is 13.1. The zero-order valence-electron chi connectivity index (χ0n) is 14.6. The number of nitriles is 1. The highest BCUT2D eigenvalue weighted by Gasteiger charge is 2.39. The summed E-state index contributed by atoms with van der Waals surface area (Å²) in [6.07, 6.45) is 0.310. The van der Waals surface area contributed by atoms with Crippen molar-refractivity contribution in [2.24, 2.45) is 0 Å². The van der Waals surface area contributed by atoms with Crippen LogP contribution in [0, 0.1) is 11.3 Å². The summed E-state index contributed by atoms with van der Waals surface area (Å²) in [7, 11) is 0. The number of benzene rings is 2. The Morgan fingerprint density at radius 3 is 2.36 bits per heavy atom. The lowest BCUT2D eigenvalue weighted by Crippen LogP contribution is -2.43. The van der Waals surface area contributed by atoms with Crippen molar-refractivity contribution in [1.29, 1.82) is 5.26 Å². The lowest BCUT2D eigenvalue weighted by molar-refractivity contribution is -0.142. The summed E-state index contributed by atoms with van der Waals surface area (Å²) < 4.78 is 0. The molecule has 5 nitrogen and oxygen atoms in total. The van der Waals surface area contributed by atoms with Crippen LogP contribution < -0.4 is 5.32 Å². The molecule has 0 saturated carbocycles. The van der Waals surface area contributed by atoms with Gasteiger partial charge in [-0.15, -0.1) is 0 Å². The van der Waals surface area contributed by atoms with E-state index in [1.165, 1.54) is 0 Å². The zero-order valence-corrected chi connectivity index (χ0v) is 14.6. The Morgan fingerprint density at radius 1 is 1.24 bits per heavy atom. The molecule has 0 heterocycles. The molecule has 3 N–H and O–H groups in total. The van der Waals surface area contributed by atoms with Gasteiger partial charge in [-0.1, -0.05) is 26.8 Å². The van der Waals surface area contributed by atoms with E-state index in [1.54, 1.807) is 49.4 Å². The zero-order chi connectivity index (χ0) is 18.6. The Morgan fingerprint density at radius 2 is 1.88 bits per heavy atom. The number of phenolic OH excluding ortho intramolecular Hbond substituents is 1. The number of carbonyl (C=O) groups is 1. The molecule has 1 atom stereocenters. The van der Waals surface area contributed by atoms with Crippen LogP contribution in [0.1, 0.15) is 49.8 Å². The maximum Gasteiger partial charge on any atom is 0.334 e. The van der Waals surface area contributed by atoms with E-state index in [4.69, 9.17) is 5.26 Å². The van der Waals surface area contributed by atoms with Crippen LogP contribution >= 0.6 is 0 Å². The minimum atomic E-state index is -1.33. The largest absolute Gasteiger partial charge is 0.508 e. The summed E-state index contributed by atoms with van der Waals surface area (Å²) in [5.41, 5.74) is 1.08. The van der Waals surface area contributed by atoms with Gasteiger partial charge in [0.1, 0.15) is 5.75 Å². The van der Waals surface area contributed by atoms with Crippen LogP contribution in [0.25, 0.3) is 0 Å². The van der Waals surface area contributed by atoms with E-state index < -0.39 is 11.5 Å². The van der Waals surface area contributed by atoms with Crippen LogP contribution in [-0.4, -0.2) is 16.2 Å². The third-order valence-corrected chi connectivity index (χ3v) is 4.41. The van der Waals surface area contributed by atoms with Crippen LogP contribution in [0.3, 0.4) is 0 Å². The molecular formula is C20H22N2O3. The highest BCUT2D eigenvalue weighted by molar-refractivity contribution is 5.85. The number of rotatable bonds is 6. The molecule has 0 bridgehead atoms. The Labute approximate surface area is 147 Å². The number of phenols is 1. The predicted molar refractivity (Wildman–Crippen MR) is 96.6 cm³/mol. The fourth-order valence-electron chi connectivity index (χ4n) is 2.85. The maximum atomic E-state index is 12.2. The topological polar surface area (TPSA) is 93.4 Å². The van der Waals surface area contributed by atoms with Crippen LogP contribution in [0.2, 0.25) is 0 Å². The first-order valence-electron chi connectivity index (χ1n) is 8.19. The SMILES string of the molecule is CCC(Nc1ccc(C#N)cc1)(C(=O)O)c1ccc(O)c(C(C)C)c1. The predicted octanol–water partition coefficient (Wildman–Crippen LogP) is 4.19. The molecule has 5 heteroatoms. The van der Waals surface area contributed by atoms with Crippen molar-refractivity contribution in [1.82, 2.24) is 0 Å². The Bertz CT molecular complexity index is 807. The Hall–Kier alpha value is -3.00. The molecule has 0 amide bonds. The molecule has 130 valence electrons. The van der Waals surface area contributed by atoms with E-state index >= 15 is 0 Å². The van der Waals surface area contributed by atoms with Gasteiger partial charge in [-0.25, -0.2) is 4.79 Å². The minimum absolute atomic E-state index is 0.0678. The van der Waals surface area contributed by atoms with E-state index in [9.17, 15) is 15.0 Å². The number of nitrogens with zero attached hydrogens (tertiary/aromatic N) is 1. The fraction of sp³-hybridized carbons (Fsp3) is 0.300. The van der Waals surface area contributed by atoms with E-state index in [0.717, 1.165) is 0 Å². The first-order chi connectivity index (χ1) is 11.8. The average Bonchev–Trinajstić information content (AvgIpc) is 2.60. The highest BCUT2D eigenvalue weighted by Crippen LogP contribution is 2.35. The van der Waals surface area contributed by atoms with Crippen molar-refractivity contribution in [3.05, 3.63) is 59.2 Å². The smallest absolute Gasteiger partial charge is 0.334 e. The number of aromatic hydroxyl groups is 1. The van der Waals surface area contributed by atoms with Gasteiger partial charge in [0.25, 0.3) is 0 Å². The Balaban J connectivity index is 2.52. The number of anilines is 1. The number of nitrogens with one attached hydrogen (secondary N) is 1. The molecule has 0 aromatic heterocycles. The molecule has 0 saturated heterocycles. The van der Waals surface area contributed by atoms with Crippen molar-refractivity contribution < 1.29 is 15.0 Å². The van der Waals surface area contributed by atoms with Gasteiger partial charge in [-0.2, -0.15) is 5.26 Å². The second-order valence-corrected chi connectivity index (χ2v) is 6.31. The Kier molecular flexibility index (Phi) is 5.33. The number of aliphatic carboxylic acids is 1. The van der Waals surface area contributed by atoms with E-state index in [0.29, 0.717) is 28.8 Å².